The van der Waals surface area contributed by atoms with Crippen LogP contribution in [0.15, 0.2) is 22.0 Å². The number of nitrogens with zero attached hydrogens (tertiary/aromatic N) is 2. The van der Waals surface area contributed by atoms with Crippen LogP contribution in [0.25, 0.3) is 10.6 Å². The van der Waals surface area contributed by atoms with E-state index in [-0.39, 0.29) is 18.2 Å². The monoisotopic (exact) mass is 390 g/mol. The van der Waals surface area contributed by atoms with Crippen LogP contribution < -0.4 is 10.6 Å². The van der Waals surface area contributed by atoms with E-state index < -0.39 is 0 Å². The third-order valence-electron chi connectivity index (χ3n) is 3.69. The molecule has 0 aliphatic heterocycles. The topological polar surface area (TPSA) is 97.1 Å². The number of thiophene rings is 1. The third kappa shape index (κ3) is 4.36. The number of amides is 2. The molecule has 0 spiro atoms. The first kappa shape index (κ1) is 18.3. The van der Waals surface area contributed by atoms with Crippen molar-refractivity contribution >= 4 is 39.6 Å². The van der Waals surface area contributed by atoms with Crippen LogP contribution in [0.5, 0.6) is 0 Å². The van der Waals surface area contributed by atoms with E-state index in [0.717, 1.165) is 26.7 Å². The standard InChI is InChI=1S/C17H18N4O3S2/c1-9-13(10(2)24-21-9)6-16(23)20-17-19-14(8-25-17)15-5-4-12(26-15)7-18-11(3)22/h4-5,8H,6-7H2,1-3H3,(H,18,22)(H,19,20,23). The van der Waals surface area contributed by atoms with E-state index in [1.54, 1.807) is 18.3 Å². The van der Waals surface area contributed by atoms with E-state index in [1.807, 2.05) is 24.4 Å². The normalized spacial score (nSPS) is 10.7. The second kappa shape index (κ2) is 7.79. The molecule has 9 heteroatoms. The van der Waals surface area contributed by atoms with Gasteiger partial charge in [0.1, 0.15) is 5.76 Å². The molecule has 0 saturated heterocycles. The van der Waals surface area contributed by atoms with Gasteiger partial charge in [-0.1, -0.05) is 5.16 Å². The first-order valence-electron chi connectivity index (χ1n) is 7.93. The summed E-state index contributed by atoms with van der Waals surface area (Å²) in [6, 6.07) is 3.93. The molecule has 3 rings (SSSR count). The van der Waals surface area contributed by atoms with Gasteiger partial charge < -0.3 is 15.2 Å². The summed E-state index contributed by atoms with van der Waals surface area (Å²) in [6.45, 7) is 5.60. The molecule has 2 amide bonds. The number of carbonyl (C=O) groups excluding carboxylic acids is 2. The number of carbonyl (C=O) groups is 2. The highest BCUT2D eigenvalue weighted by molar-refractivity contribution is 7.17. The van der Waals surface area contributed by atoms with Gasteiger partial charge in [0.05, 0.1) is 29.2 Å². The summed E-state index contributed by atoms with van der Waals surface area (Å²) in [5, 5.41) is 11.9. The summed E-state index contributed by atoms with van der Waals surface area (Å²) in [5.74, 6) is 0.442. The van der Waals surface area contributed by atoms with Gasteiger partial charge in [0, 0.05) is 22.7 Å². The molecule has 2 N–H and O–H groups in total. The number of aryl methyl sites for hydroxylation is 2. The van der Waals surface area contributed by atoms with E-state index in [9.17, 15) is 9.59 Å². The minimum Gasteiger partial charge on any atom is -0.361 e. The van der Waals surface area contributed by atoms with Crippen LogP contribution in [0.3, 0.4) is 0 Å². The molecule has 3 aromatic rings. The van der Waals surface area contributed by atoms with Crippen molar-refractivity contribution in [3.8, 4) is 10.6 Å². The Bertz CT molecular complexity index is 922. The van der Waals surface area contributed by atoms with Crippen LogP contribution in [-0.4, -0.2) is 22.0 Å². The largest absolute Gasteiger partial charge is 0.361 e. The van der Waals surface area contributed by atoms with Crippen molar-refractivity contribution in [2.45, 2.75) is 33.7 Å². The van der Waals surface area contributed by atoms with Crippen LogP contribution in [-0.2, 0) is 22.6 Å². The van der Waals surface area contributed by atoms with Crippen molar-refractivity contribution in [2.75, 3.05) is 5.32 Å². The molecule has 0 bridgehead atoms. The molecular formula is C17H18N4O3S2. The summed E-state index contributed by atoms with van der Waals surface area (Å²) in [5.41, 5.74) is 2.34. The lowest BCUT2D eigenvalue weighted by molar-refractivity contribution is -0.119. The van der Waals surface area contributed by atoms with Crippen molar-refractivity contribution < 1.29 is 14.1 Å². The number of hydrogen-bond acceptors (Lipinski definition) is 7. The predicted octanol–water partition coefficient (Wildman–Crippen LogP) is 3.29. The second-order valence-electron chi connectivity index (χ2n) is 5.74. The van der Waals surface area contributed by atoms with E-state index in [1.165, 1.54) is 18.3 Å². The van der Waals surface area contributed by atoms with Gasteiger partial charge in [-0.3, -0.25) is 9.59 Å². The van der Waals surface area contributed by atoms with Crippen LogP contribution in [0.4, 0.5) is 5.13 Å². The Kier molecular flexibility index (Phi) is 5.48. The molecule has 0 unspecified atom stereocenters. The van der Waals surface area contributed by atoms with Gasteiger partial charge in [0.2, 0.25) is 11.8 Å². The highest BCUT2D eigenvalue weighted by atomic mass is 32.1. The smallest absolute Gasteiger partial charge is 0.230 e. The number of rotatable bonds is 6. The van der Waals surface area contributed by atoms with Crippen LogP contribution in [0.2, 0.25) is 0 Å². The average molecular weight is 390 g/mol. The van der Waals surface area contributed by atoms with Gasteiger partial charge in [-0.15, -0.1) is 22.7 Å². The fourth-order valence-electron chi connectivity index (χ4n) is 2.34. The van der Waals surface area contributed by atoms with Crippen LogP contribution in [0.1, 0.15) is 28.8 Å². The van der Waals surface area contributed by atoms with E-state index in [0.29, 0.717) is 17.4 Å². The molecule has 0 radical (unpaired) electrons. The second-order valence-corrected chi connectivity index (χ2v) is 7.77. The van der Waals surface area contributed by atoms with Gasteiger partial charge in [-0.25, -0.2) is 4.98 Å². The molecule has 0 fully saturated rings. The van der Waals surface area contributed by atoms with Crippen molar-refractivity contribution in [1.82, 2.24) is 15.5 Å². The molecule has 0 saturated carbocycles. The molecule has 26 heavy (non-hydrogen) atoms. The number of thiazole rings is 1. The number of nitrogens with one attached hydrogen (secondary N) is 2. The van der Waals surface area contributed by atoms with Gasteiger partial charge in [0.15, 0.2) is 5.13 Å². The lowest BCUT2D eigenvalue weighted by Crippen LogP contribution is -2.17. The Balaban J connectivity index is 1.63. The van der Waals surface area contributed by atoms with Crippen molar-refractivity contribution in [3.63, 3.8) is 0 Å². The van der Waals surface area contributed by atoms with Gasteiger partial charge in [0.25, 0.3) is 0 Å². The molecule has 0 aliphatic carbocycles. The Labute approximate surface area is 158 Å². The fraction of sp³-hybridized carbons (Fsp3) is 0.294. The Morgan fingerprint density at radius 3 is 2.77 bits per heavy atom. The molecule has 3 aromatic heterocycles. The van der Waals surface area contributed by atoms with Gasteiger partial charge in [-0.2, -0.15) is 0 Å². The Hall–Kier alpha value is -2.52. The lowest BCUT2D eigenvalue weighted by Gasteiger charge is -2.01. The van der Waals surface area contributed by atoms with Gasteiger partial charge in [-0.05, 0) is 26.0 Å². The summed E-state index contributed by atoms with van der Waals surface area (Å²) in [6.07, 6.45) is 0.204. The first-order chi connectivity index (χ1) is 12.4. The van der Waals surface area contributed by atoms with E-state index >= 15 is 0 Å². The van der Waals surface area contributed by atoms with E-state index in [4.69, 9.17) is 4.52 Å². The SMILES string of the molecule is CC(=O)NCc1ccc(-c2csc(NC(=O)Cc3c(C)noc3C)n2)s1. The zero-order chi connectivity index (χ0) is 18.7. The van der Waals surface area contributed by atoms with Crippen LogP contribution in [0, 0.1) is 13.8 Å². The van der Waals surface area contributed by atoms with Gasteiger partial charge >= 0.3 is 0 Å². The van der Waals surface area contributed by atoms with Crippen LogP contribution >= 0.6 is 22.7 Å². The first-order valence-corrected chi connectivity index (χ1v) is 9.62. The Morgan fingerprint density at radius 2 is 2.08 bits per heavy atom. The molecule has 0 aliphatic rings. The number of hydrogen-bond donors (Lipinski definition) is 2. The maximum Gasteiger partial charge on any atom is 0.230 e. The molecule has 0 atom stereocenters. The minimum absolute atomic E-state index is 0.0584. The van der Waals surface area contributed by atoms with Crippen molar-refractivity contribution in [2.24, 2.45) is 0 Å². The Morgan fingerprint density at radius 1 is 1.27 bits per heavy atom. The third-order valence-corrected chi connectivity index (χ3v) is 5.56. The number of anilines is 1. The summed E-state index contributed by atoms with van der Waals surface area (Å²) in [4.78, 5) is 29.7. The number of aromatic nitrogens is 2. The molecule has 136 valence electrons. The minimum atomic E-state index is -0.155. The highest BCUT2D eigenvalue weighted by Gasteiger charge is 2.15. The zero-order valence-corrected chi connectivity index (χ0v) is 16.2. The summed E-state index contributed by atoms with van der Waals surface area (Å²) in [7, 11) is 0. The summed E-state index contributed by atoms with van der Waals surface area (Å²) >= 11 is 2.94. The fourth-order valence-corrected chi connectivity index (χ4v) is 4.05. The zero-order valence-electron chi connectivity index (χ0n) is 14.6. The molecule has 0 aromatic carbocycles. The predicted molar refractivity (Wildman–Crippen MR) is 101 cm³/mol. The average Bonchev–Trinajstić information content (AvgIpc) is 3.30. The van der Waals surface area contributed by atoms with Crippen molar-refractivity contribution in [3.05, 3.63) is 39.4 Å². The van der Waals surface area contributed by atoms with Crippen molar-refractivity contribution in [1.29, 1.82) is 0 Å². The quantitative estimate of drug-likeness (QED) is 0.673. The maximum absolute atomic E-state index is 12.2. The molecular weight excluding hydrogens is 372 g/mol. The van der Waals surface area contributed by atoms with E-state index in [2.05, 4.69) is 20.8 Å². The maximum atomic E-state index is 12.2. The summed E-state index contributed by atoms with van der Waals surface area (Å²) < 4.78 is 5.08. The molecule has 7 nitrogen and oxygen atoms in total. The lowest BCUT2D eigenvalue weighted by atomic mass is 10.1. The molecule has 3 heterocycles. The highest BCUT2D eigenvalue weighted by Crippen LogP contribution is 2.31.